The normalized spacial score (nSPS) is 11.0. The van der Waals surface area contributed by atoms with E-state index in [0.29, 0.717) is 11.1 Å². The molecule has 0 heterocycles. The Kier molecular flexibility index (Phi) is 4.57. The van der Waals surface area contributed by atoms with Crippen LogP contribution in [0.3, 0.4) is 0 Å². The van der Waals surface area contributed by atoms with E-state index in [1.165, 1.54) is 6.92 Å². The molecule has 0 spiro atoms. The Hall–Kier alpha value is -2.81. The first-order valence-electron chi connectivity index (χ1n) is 6.51. The molecule has 0 bridgehead atoms. The Labute approximate surface area is 122 Å². The van der Waals surface area contributed by atoms with Crippen LogP contribution in [0.15, 0.2) is 72.3 Å². The van der Waals surface area contributed by atoms with Crippen molar-refractivity contribution in [2.24, 2.45) is 0 Å². The molecule has 2 aromatic carbocycles. The second kappa shape index (κ2) is 6.57. The first-order valence-corrected chi connectivity index (χ1v) is 6.51. The van der Waals surface area contributed by atoms with E-state index in [1.54, 1.807) is 60.7 Å². The number of allylic oxidation sites excluding steroid dienone is 2. The van der Waals surface area contributed by atoms with Gasteiger partial charge in [-0.3, -0.25) is 14.4 Å². The molecule has 0 saturated carbocycles. The average molecular weight is 278 g/mol. The number of hydrogen-bond donors (Lipinski definition) is 0. The summed E-state index contributed by atoms with van der Waals surface area (Å²) in [6, 6.07) is 17.0. The minimum absolute atomic E-state index is 0.102. The van der Waals surface area contributed by atoms with Gasteiger partial charge < -0.3 is 0 Å². The van der Waals surface area contributed by atoms with Gasteiger partial charge in [0.15, 0.2) is 17.3 Å². The fraction of sp³-hybridized carbons (Fsp3) is 0.0556. The summed E-state index contributed by atoms with van der Waals surface area (Å²) in [5, 5.41) is 0. The summed E-state index contributed by atoms with van der Waals surface area (Å²) < 4.78 is 0. The molecular weight excluding hydrogens is 264 g/mol. The lowest BCUT2D eigenvalue weighted by Crippen LogP contribution is -2.12. The number of carbonyl (C=O) groups is 3. The van der Waals surface area contributed by atoms with Crippen molar-refractivity contribution in [1.82, 2.24) is 0 Å². The Balaban J connectivity index is 2.36. The molecule has 0 N–H and O–H groups in total. The van der Waals surface area contributed by atoms with Gasteiger partial charge >= 0.3 is 0 Å². The maximum Gasteiger partial charge on any atom is 0.196 e. The van der Waals surface area contributed by atoms with Crippen LogP contribution in [-0.4, -0.2) is 17.3 Å². The predicted octanol–water partition coefficient (Wildman–Crippen LogP) is 3.27. The maximum absolute atomic E-state index is 12.3. The highest BCUT2D eigenvalue weighted by molar-refractivity contribution is 6.28. The summed E-state index contributed by atoms with van der Waals surface area (Å²) in [6.07, 6.45) is 1.12. The minimum atomic E-state index is -0.438. The van der Waals surface area contributed by atoms with Crippen molar-refractivity contribution < 1.29 is 14.4 Å². The number of carbonyl (C=O) groups excluding carboxylic acids is 3. The maximum atomic E-state index is 12.3. The molecule has 21 heavy (non-hydrogen) atoms. The van der Waals surface area contributed by atoms with E-state index < -0.39 is 11.6 Å². The van der Waals surface area contributed by atoms with Crippen molar-refractivity contribution in [2.75, 3.05) is 0 Å². The van der Waals surface area contributed by atoms with E-state index in [9.17, 15) is 14.4 Å². The number of rotatable bonds is 5. The molecule has 0 aliphatic carbocycles. The summed E-state index contributed by atoms with van der Waals surface area (Å²) in [5.41, 5.74) is 0.729. The third kappa shape index (κ3) is 3.60. The molecule has 0 saturated heterocycles. The van der Waals surface area contributed by atoms with Gasteiger partial charge in [0.25, 0.3) is 0 Å². The van der Waals surface area contributed by atoms with Gasteiger partial charge in [-0.25, -0.2) is 0 Å². The van der Waals surface area contributed by atoms with Crippen LogP contribution in [0.5, 0.6) is 0 Å². The van der Waals surface area contributed by atoms with Crippen LogP contribution in [0, 0.1) is 0 Å². The molecule has 0 aromatic heterocycles. The minimum Gasteiger partial charge on any atom is -0.294 e. The second-order valence-corrected chi connectivity index (χ2v) is 4.54. The van der Waals surface area contributed by atoms with Crippen molar-refractivity contribution in [1.29, 1.82) is 0 Å². The zero-order valence-electron chi connectivity index (χ0n) is 11.6. The van der Waals surface area contributed by atoms with Crippen LogP contribution in [0.4, 0.5) is 0 Å². The van der Waals surface area contributed by atoms with Gasteiger partial charge in [-0.1, -0.05) is 60.7 Å². The fourth-order valence-electron chi connectivity index (χ4n) is 1.89. The van der Waals surface area contributed by atoms with Gasteiger partial charge in [-0.05, 0) is 6.92 Å². The third-order valence-electron chi connectivity index (χ3n) is 2.99. The number of ketones is 3. The van der Waals surface area contributed by atoms with Crippen molar-refractivity contribution >= 4 is 17.3 Å². The quantitative estimate of drug-likeness (QED) is 0.365. The lowest BCUT2D eigenvalue weighted by Gasteiger charge is -2.03. The summed E-state index contributed by atoms with van der Waals surface area (Å²) in [6.45, 7) is 1.28. The molecule has 0 aliphatic heterocycles. The smallest absolute Gasteiger partial charge is 0.196 e. The molecule has 104 valence electrons. The van der Waals surface area contributed by atoms with Crippen LogP contribution in [0.2, 0.25) is 0 Å². The number of hydrogen-bond acceptors (Lipinski definition) is 3. The highest BCUT2D eigenvalue weighted by Gasteiger charge is 2.18. The number of Topliss-reactive ketones (excluding diaryl/α,β-unsaturated/α-hetero) is 2. The Morgan fingerprint density at radius 2 is 1.24 bits per heavy atom. The van der Waals surface area contributed by atoms with Crippen molar-refractivity contribution in [2.45, 2.75) is 6.92 Å². The van der Waals surface area contributed by atoms with E-state index in [0.717, 1.165) is 6.08 Å². The molecule has 3 heteroatoms. The van der Waals surface area contributed by atoms with Crippen LogP contribution >= 0.6 is 0 Å². The summed E-state index contributed by atoms with van der Waals surface area (Å²) in [4.78, 5) is 36.1. The number of benzene rings is 2. The summed E-state index contributed by atoms with van der Waals surface area (Å²) >= 11 is 0. The summed E-state index contributed by atoms with van der Waals surface area (Å²) in [5.74, 6) is -1.22. The first kappa shape index (κ1) is 14.6. The first-order chi connectivity index (χ1) is 10.1. The topological polar surface area (TPSA) is 51.2 Å². The van der Waals surface area contributed by atoms with Crippen LogP contribution in [0.25, 0.3) is 0 Å². The molecule has 3 nitrogen and oxygen atoms in total. The van der Waals surface area contributed by atoms with Crippen LogP contribution in [-0.2, 0) is 4.79 Å². The van der Waals surface area contributed by atoms with E-state index >= 15 is 0 Å². The van der Waals surface area contributed by atoms with Gasteiger partial charge in [0.05, 0.1) is 5.57 Å². The van der Waals surface area contributed by atoms with E-state index in [4.69, 9.17) is 0 Å². The molecule has 2 aromatic rings. The third-order valence-corrected chi connectivity index (χ3v) is 2.99. The fourth-order valence-corrected chi connectivity index (χ4v) is 1.89. The lowest BCUT2D eigenvalue weighted by molar-refractivity contribution is -0.113. The van der Waals surface area contributed by atoms with E-state index in [1.807, 2.05) is 0 Å². The van der Waals surface area contributed by atoms with Gasteiger partial charge in [0, 0.05) is 17.2 Å². The molecular formula is C18H14O3. The molecule has 2 rings (SSSR count). The van der Waals surface area contributed by atoms with Crippen molar-refractivity contribution in [3.8, 4) is 0 Å². The standard InChI is InChI=1S/C18H14O3/c1-13(19)16(18(21)15-10-6-3-7-11-15)12-17(20)14-8-4-2-5-9-14/h2-12H,1H3/b16-12+. The molecule has 0 fully saturated rings. The molecule has 0 aliphatic rings. The van der Waals surface area contributed by atoms with Gasteiger partial charge in [0.1, 0.15) is 0 Å². The van der Waals surface area contributed by atoms with Crippen LogP contribution in [0.1, 0.15) is 27.6 Å². The SMILES string of the molecule is CC(=O)/C(=C\C(=O)c1ccccc1)C(=O)c1ccccc1. The zero-order chi connectivity index (χ0) is 15.2. The van der Waals surface area contributed by atoms with E-state index in [-0.39, 0.29) is 11.4 Å². The molecule has 0 atom stereocenters. The van der Waals surface area contributed by atoms with E-state index in [2.05, 4.69) is 0 Å². The average Bonchev–Trinajstić information content (AvgIpc) is 2.53. The van der Waals surface area contributed by atoms with Crippen molar-refractivity contribution in [3.05, 3.63) is 83.4 Å². The second-order valence-electron chi connectivity index (χ2n) is 4.54. The lowest BCUT2D eigenvalue weighted by atomic mass is 9.98. The van der Waals surface area contributed by atoms with Gasteiger partial charge in [-0.15, -0.1) is 0 Å². The largest absolute Gasteiger partial charge is 0.294 e. The molecule has 0 unspecified atom stereocenters. The molecule has 0 radical (unpaired) electrons. The Bertz CT molecular complexity index is 698. The predicted molar refractivity (Wildman–Crippen MR) is 80.3 cm³/mol. The van der Waals surface area contributed by atoms with Gasteiger partial charge in [-0.2, -0.15) is 0 Å². The highest BCUT2D eigenvalue weighted by atomic mass is 16.2. The monoisotopic (exact) mass is 278 g/mol. The Morgan fingerprint density at radius 1 is 0.762 bits per heavy atom. The van der Waals surface area contributed by atoms with Crippen molar-refractivity contribution in [3.63, 3.8) is 0 Å². The van der Waals surface area contributed by atoms with Gasteiger partial charge in [0.2, 0.25) is 0 Å². The highest BCUT2D eigenvalue weighted by Crippen LogP contribution is 2.11. The molecule has 0 amide bonds. The zero-order valence-corrected chi connectivity index (χ0v) is 11.6. The summed E-state index contributed by atoms with van der Waals surface area (Å²) in [7, 11) is 0. The van der Waals surface area contributed by atoms with Crippen LogP contribution < -0.4 is 0 Å². The Morgan fingerprint density at radius 3 is 1.71 bits per heavy atom.